The molecule has 0 saturated heterocycles. The van der Waals surface area contributed by atoms with E-state index in [1.807, 2.05) is 30.3 Å². The van der Waals surface area contributed by atoms with Gasteiger partial charge in [0, 0.05) is 6.42 Å². The molecule has 212 valence electrons. The fourth-order valence-corrected chi connectivity index (χ4v) is 4.17. The number of nitrogens with one attached hydrogen (secondary N) is 2. The molecular weight excluding hydrogens is 508 g/mol. The maximum Gasteiger partial charge on any atom is 0.503 e. The number of ether oxygens (including phenoxy) is 2. The van der Waals surface area contributed by atoms with Gasteiger partial charge in [-0.15, -0.1) is 0 Å². The van der Waals surface area contributed by atoms with Gasteiger partial charge in [-0.25, -0.2) is 4.79 Å². The zero-order valence-electron chi connectivity index (χ0n) is 22.0. The number of aliphatic hydroxyl groups excluding tert-OH is 1. The highest BCUT2D eigenvalue weighted by Gasteiger charge is 2.28. The first-order chi connectivity index (χ1) is 18.6. The van der Waals surface area contributed by atoms with Gasteiger partial charge < -0.3 is 41.2 Å². The zero-order chi connectivity index (χ0) is 28.8. The number of rotatable bonds is 9. The maximum absolute atomic E-state index is 13.1. The number of hydrogen-bond donors (Lipinski definition) is 6. The first kappa shape index (κ1) is 30.9. The summed E-state index contributed by atoms with van der Waals surface area (Å²) >= 11 is 0. The summed E-state index contributed by atoms with van der Waals surface area (Å²) in [5, 5.41) is 30.0. The lowest BCUT2D eigenvalue weighted by atomic mass is 9.92. The highest BCUT2D eigenvalue weighted by atomic mass is 16.6. The molecule has 0 radical (unpaired) electrons. The lowest BCUT2D eigenvalue weighted by molar-refractivity contribution is -0.124. The Hall–Kier alpha value is -4.32. The minimum atomic E-state index is -1.83. The Balaban J connectivity index is 0.00000124. The molecular formula is C27H36N4O8. The van der Waals surface area contributed by atoms with Crippen molar-refractivity contribution >= 4 is 23.9 Å². The van der Waals surface area contributed by atoms with Crippen molar-refractivity contribution in [2.24, 2.45) is 10.7 Å². The van der Waals surface area contributed by atoms with Crippen LogP contribution < -0.4 is 25.8 Å². The third kappa shape index (κ3) is 10.9. The number of aliphatic imine (C=N–C) groups is 1. The Labute approximate surface area is 226 Å². The van der Waals surface area contributed by atoms with Crippen LogP contribution in [0.3, 0.4) is 0 Å². The van der Waals surface area contributed by atoms with Gasteiger partial charge in [0.1, 0.15) is 6.04 Å². The Morgan fingerprint density at radius 2 is 1.64 bits per heavy atom. The molecule has 0 bridgehead atoms. The van der Waals surface area contributed by atoms with Crippen molar-refractivity contribution in [2.75, 3.05) is 14.2 Å². The molecule has 0 aliphatic heterocycles. The molecule has 0 unspecified atom stereocenters. The molecule has 2 aromatic rings. The molecule has 39 heavy (non-hydrogen) atoms. The molecule has 2 aromatic carbocycles. The molecule has 0 aromatic heterocycles. The van der Waals surface area contributed by atoms with Crippen LogP contribution >= 0.6 is 0 Å². The van der Waals surface area contributed by atoms with E-state index in [1.165, 1.54) is 14.2 Å². The van der Waals surface area contributed by atoms with Gasteiger partial charge in [-0.3, -0.25) is 9.59 Å². The van der Waals surface area contributed by atoms with E-state index in [0.29, 0.717) is 29.9 Å². The predicted octanol–water partition coefficient (Wildman–Crippen LogP) is 1.93. The molecule has 1 saturated carbocycles. The highest BCUT2D eigenvalue weighted by molar-refractivity contribution is 5.95. The van der Waals surface area contributed by atoms with E-state index < -0.39 is 24.2 Å². The second-order valence-corrected chi connectivity index (χ2v) is 8.89. The van der Waals surface area contributed by atoms with Gasteiger partial charge in [0.15, 0.2) is 17.5 Å². The van der Waals surface area contributed by atoms with Crippen LogP contribution in [0.25, 0.3) is 0 Å². The zero-order valence-corrected chi connectivity index (χ0v) is 22.0. The Kier molecular flexibility index (Phi) is 12.5. The van der Waals surface area contributed by atoms with Gasteiger partial charge >= 0.3 is 6.16 Å². The number of amides is 2. The van der Waals surface area contributed by atoms with Crippen LogP contribution in [-0.2, 0) is 22.4 Å². The fourth-order valence-electron chi connectivity index (χ4n) is 4.17. The number of carboxylic acid groups (broad SMARTS) is 2. The largest absolute Gasteiger partial charge is 0.503 e. The van der Waals surface area contributed by atoms with Crippen LogP contribution in [0.15, 0.2) is 53.5 Å². The van der Waals surface area contributed by atoms with Crippen LogP contribution in [0, 0.1) is 0 Å². The SMILES string of the molecule is COc1ccc(CC(=O)N=C(N)N[C@H](Cc2ccccc2)C(=O)N[C@H]2CCCC[C@@H]2O)cc1OC.O=C(O)O. The summed E-state index contributed by atoms with van der Waals surface area (Å²) in [5.74, 6) is 0.161. The van der Waals surface area contributed by atoms with Gasteiger partial charge in [0.25, 0.3) is 5.91 Å². The minimum Gasteiger partial charge on any atom is -0.493 e. The average molecular weight is 545 g/mol. The highest BCUT2D eigenvalue weighted by Crippen LogP contribution is 2.27. The van der Waals surface area contributed by atoms with Gasteiger partial charge in [0.05, 0.1) is 32.8 Å². The summed E-state index contributed by atoms with van der Waals surface area (Å²) in [7, 11) is 3.06. The van der Waals surface area contributed by atoms with Crippen molar-refractivity contribution < 1.29 is 39.2 Å². The van der Waals surface area contributed by atoms with Crippen molar-refractivity contribution in [3.8, 4) is 11.5 Å². The second-order valence-electron chi connectivity index (χ2n) is 8.89. The summed E-state index contributed by atoms with van der Waals surface area (Å²) in [6.07, 6.45) is 1.23. The number of benzene rings is 2. The number of nitrogens with two attached hydrogens (primary N) is 1. The molecule has 0 spiro atoms. The van der Waals surface area contributed by atoms with Crippen molar-refractivity contribution in [2.45, 2.75) is 56.7 Å². The number of carbonyl (C=O) groups is 3. The lowest BCUT2D eigenvalue weighted by Crippen LogP contribution is -2.55. The van der Waals surface area contributed by atoms with Crippen LogP contribution in [0.5, 0.6) is 11.5 Å². The molecule has 3 rings (SSSR count). The Morgan fingerprint density at radius 1 is 1.00 bits per heavy atom. The maximum atomic E-state index is 13.1. The van der Waals surface area contributed by atoms with Crippen LogP contribution in [0.4, 0.5) is 4.79 Å². The molecule has 7 N–H and O–H groups in total. The third-order valence-electron chi connectivity index (χ3n) is 6.03. The number of nitrogens with zero attached hydrogens (tertiary/aromatic N) is 1. The number of hydrogen-bond acceptors (Lipinski definition) is 6. The van der Waals surface area contributed by atoms with E-state index in [-0.39, 0.29) is 24.3 Å². The molecule has 1 aliphatic rings. The third-order valence-corrected chi connectivity index (χ3v) is 6.03. The number of methoxy groups -OCH3 is 2. The van der Waals surface area contributed by atoms with Gasteiger partial charge in [-0.2, -0.15) is 4.99 Å². The quantitative estimate of drug-likeness (QED) is 0.201. The predicted molar refractivity (Wildman–Crippen MR) is 144 cm³/mol. The second kappa shape index (κ2) is 15.8. The van der Waals surface area contributed by atoms with E-state index in [1.54, 1.807) is 18.2 Å². The van der Waals surface area contributed by atoms with Crippen LogP contribution in [-0.4, -0.2) is 71.7 Å². The van der Waals surface area contributed by atoms with Crippen molar-refractivity contribution in [1.29, 1.82) is 0 Å². The summed E-state index contributed by atoms with van der Waals surface area (Å²) < 4.78 is 10.5. The number of guanidine groups is 1. The molecule has 1 fully saturated rings. The first-order valence-corrected chi connectivity index (χ1v) is 12.4. The summed E-state index contributed by atoms with van der Waals surface area (Å²) in [6, 6.07) is 13.6. The van der Waals surface area contributed by atoms with Gasteiger partial charge in [-0.05, 0) is 36.1 Å². The van der Waals surface area contributed by atoms with Crippen LogP contribution in [0.2, 0.25) is 0 Å². The van der Waals surface area contributed by atoms with Crippen LogP contribution in [0.1, 0.15) is 36.8 Å². The number of carbonyl (C=O) groups excluding carboxylic acids is 2. The molecule has 12 heteroatoms. The average Bonchev–Trinajstić information content (AvgIpc) is 2.89. The van der Waals surface area contributed by atoms with Crippen molar-refractivity contribution in [3.63, 3.8) is 0 Å². The summed E-state index contributed by atoms with van der Waals surface area (Å²) in [4.78, 5) is 38.1. The standard InChI is InChI=1S/C26H34N4O5.CH2O3/c1-34-22-13-12-18(15-23(22)35-2)16-24(32)30-26(27)29-20(14-17-8-4-3-5-9-17)25(33)28-19-10-6-7-11-21(19)31;2-1(3)4/h3-5,8-9,12-13,15,19-21,31H,6-7,10-11,14,16H2,1-2H3,(H,28,33)(H3,27,29,30,32);(H2,2,3,4)/t19-,20+,21-;/m0./s1. The Bertz CT molecular complexity index is 1120. The number of aliphatic hydroxyl groups is 1. The van der Waals surface area contributed by atoms with E-state index >= 15 is 0 Å². The molecule has 3 atom stereocenters. The van der Waals surface area contributed by atoms with Crippen molar-refractivity contribution in [3.05, 3.63) is 59.7 Å². The van der Waals surface area contributed by atoms with E-state index in [4.69, 9.17) is 30.2 Å². The normalized spacial score (nSPS) is 17.6. The van der Waals surface area contributed by atoms with Crippen molar-refractivity contribution in [1.82, 2.24) is 10.6 Å². The molecule has 0 heterocycles. The minimum absolute atomic E-state index is 0.00650. The monoisotopic (exact) mass is 544 g/mol. The smallest absolute Gasteiger partial charge is 0.493 e. The summed E-state index contributed by atoms with van der Waals surface area (Å²) in [6.45, 7) is 0. The Morgan fingerprint density at radius 3 is 2.26 bits per heavy atom. The fraction of sp³-hybridized carbons (Fsp3) is 0.407. The molecule has 12 nitrogen and oxygen atoms in total. The first-order valence-electron chi connectivity index (χ1n) is 12.4. The molecule has 1 aliphatic carbocycles. The van der Waals surface area contributed by atoms with Gasteiger partial charge in [0.2, 0.25) is 5.91 Å². The topological polar surface area (TPSA) is 193 Å². The van der Waals surface area contributed by atoms with E-state index in [2.05, 4.69) is 15.6 Å². The summed E-state index contributed by atoms with van der Waals surface area (Å²) in [5.41, 5.74) is 7.64. The van der Waals surface area contributed by atoms with Gasteiger partial charge in [-0.1, -0.05) is 49.2 Å². The van der Waals surface area contributed by atoms with E-state index in [0.717, 1.165) is 24.8 Å². The molecule has 2 amide bonds. The van der Waals surface area contributed by atoms with E-state index in [9.17, 15) is 14.7 Å². The lowest BCUT2D eigenvalue weighted by Gasteiger charge is -2.30.